The molecule has 0 unspecified atom stereocenters. The molecule has 1 fully saturated rings. The number of carbonyl (C=O) groups is 2. The minimum absolute atomic E-state index is 0.0111. The summed E-state index contributed by atoms with van der Waals surface area (Å²) in [5, 5.41) is 11.3. The van der Waals surface area contributed by atoms with Gasteiger partial charge in [-0.05, 0) is 52.5 Å². The van der Waals surface area contributed by atoms with Gasteiger partial charge in [0.05, 0.1) is 17.3 Å². The number of carboxylic acid groups (broad SMARTS) is 1. The van der Waals surface area contributed by atoms with Gasteiger partial charge < -0.3 is 14.6 Å². The Morgan fingerprint density at radius 1 is 1.23 bits per heavy atom. The van der Waals surface area contributed by atoms with Crippen LogP contribution >= 0.6 is 0 Å². The predicted molar refractivity (Wildman–Crippen MR) is 114 cm³/mol. The monoisotopic (exact) mass is 445 g/mol. The topological polar surface area (TPSA) is 119 Å². The van der Waals surface area contributed by atoms with Crippen LogP contribution in [0.1, 0.15) is 60.3 Å². The highest BCUT2D eigenvalue weighted by Gasteiger charge is 2.47. The number of carboxylic acids is 1. The first kappa shape index (κ1) is 26.2. The number of aliphatic carboxylic acids is 1. The smallest absolute Gasteiger partial charge is 0.313 e. The predicted octanol–water partition coefficient (Wildman–Crippen LogP) is 2.80. The Hall–Kier alpha value is -1.87. The summed E-state index contributed by atoms with van der Waals surface area (Å²) in [6.45, 7) is 12.4. The highest BCUT2D eigenvalue weighted by molar-refractivity contribution is 7.94. The summed E-state index contributed by atoms with van der Waals surface area (Å²) in [6.07, 6.45) is 3.60. The van der Waals surface area contributed by atoms with E-state index in [1.807, 2.05) is 6.92 Å². The van der Waals surface area contributed by atoms with Crippen molar-refractivity contribution in [3.8, 4) is 0 Å². The van der Waals surface area contributed by atoms with Crippen LogP contribution in [0.3, 0.4) is 0 Å². The summed E-state index contributed by atoms with van der Waals surface area (Å²) in [5.41, 5.74) is -1.07. The van der Waals surface area contributed by atoms with Gasteiger partial charge in [0.1, 0.15) is 4.75 Å². The van der Waals surface area contributed by atoms with E-state index in [1.165, 1.54) is 33.8 Å². The standard InChI is InChI=1S/C21H35NO7S/c1-7-8-11-29-17(14-15(2)20(3,4)19(24)25)22-18(23)21(5,6)30(26,27)16-9-12-28-13-10-16/h14,16H,2,7-13H2,1,3-6H3,(H,22,23)(H,24,25)/b17-14-. The first-order chi connectivity index (χ1) is 13.8. The molecule has 0 saturated carbocycles. The Morgan fingerprint density at radius 2 is 1.80 bits per heavy atom. The highest BCUT2D eigenvalue weighted by atomic mass is 32.2. The lowest BCUT2D eigenvalue weighted by molar-refractivity contribution is -0.144. The fourth-order valence-electron chi connectivity index (χ4n) is 2.71. The summed E-state index contributed by atoms with van der Waals surface area (Å²) in [7, 11) is -3.79. The quantitative estimate of drug-likeness (QED) is 0.285. The second-order valence-electron chi connectivity index (χ2n) is 8.49. The van der Waals surface area contributed by atoms with Gasteiger partial charge >= 0.3 is 5.97 Å². The fraction of sp³-hybridized carbons (Fsp3) is 0.714. The minimum Gasteiger partial charge on any atom is -0.481 e. The number of unbranched alkanes of at least 4 members (excludes halogenated alkanes) is 1. The van der Waals surface area contributed by atoms with E-state index in [0.717, 1.165) is 6.42 Å². The normalized spacial score (nSPS) is 16.8. The molecular weight excluding hydrogens is 410 g/mol. The molecule has 1 amide bonds. The average molecular weight is 446 g/mol. The van der Waals surface area contributed by atoms with E-state index in [1.54, 1.807) is 0 Å². The van der Waals surface area contributed by atoms with Crippen LogP contribution in [0.4, 0.5) is 0 Å². The zero-order chi connectivity index (χ0) is 23.2. The van der Waals surface area contributed by atoms with Crippen molar-refractivity contribution in [3.63, 3.8) is 0 Å². The van der Waals surface area contributed by atoms with Crippen molar-refractivity contribution >= 4 is 21.7 Å². The van der Waals surface area contributed by atoms with Crippen molar-refractivity contribution in [1.82, 2.24) is 5.32 Å². The summed E-state index contributed by atoms with van der Waals surface area (Å²) < 4.78 is 35.3. The van der Waals surface area contributed by atoms with Crippen molar-refractivity contribution < 1.29 is 32.6 Å². The molecule has 0 aromatic carbocycles. The van der Waals surface area contributed by atoms with E-state index in [4.69, 9.17) is 9.47 Å². The van der Waals surface area contributed by atoms with Crippen LogP contribution in [-0.2, 0) is 28.9 Å². The van der Waals surface area contributed by atoms with Crippen molar-refractivity contribution in [3.05, 3.63) is 24.1 Å². The average Bonchev–Trinajstić information content (AvgIpc) is 2.68. The van der Waals surface area contributed by atoms with E-state index in [9.17, 15) is 23.1 Å². The number of allylic oxidation sites excluding steroid dienone is 1. The van der Waals surface area contributed by atoms with Gasteiger partial charge in [0.25, 0.3) is 0 Å². The third kappa shape index (κ3) is 6.07. The van der Waals surface area contributed by atoms with Crippen LogP contribution in [0.2, 0.25) is 0 Å². The van der Waals surface area contributed by atoms with E-state index >= 15 is 0 Å². The minimum atomic E-state index is -3.79. The van der Waals surface area contributed by atoms with Gasteiger partial charge in [-0.25, -0.2) is 8.42 Å². The number of ether oxygens (including phenoxy) is 2. The molecule has 30 heavy (non-hydrogen) atoms. The summed E-state index contributed by atoms with van der Waals surface area (Å²) in [5.74, 6) is -1.83. The first-order valence-electron chi connectivity index (χ1n) is 10.2. The Bertz CT molecular complexity index is 775. The molecule has 0 atom stereocenters. The maximum absolute atomic E-state index is 13.1. The third-order valence-corrected chi connectivity index (χ3v) is 8.46. The van der Waals surface area contributed by atoms with Crippen molar-refractivity contribution in [2.75, 3.05) is 19.8 Å². The number of hydrogen-bond donors (Lipinski definition) is 2. The molecule has 1 saturated heterocycles. The van der Waals surface area contributed by atoms with E-state index < -0.39 is 37.1 Å². The lowest BCUT2D eigenvalue weighted by Crippen LogP contribution is -2.52. The number of sulfone groups is 1. The molecule has 0 aliphatic carbocycles. The molecule has 1 aliphatic rings. The fourth-order valence-corrected chi connectivity index (χ4v) is 4.67. The zero-order valence-electron chi connectivity index (χ0n) is 18.6. The molecule has 8 nitrogen and oxygen atoms in total. The maximum atomic E-state index is 13.1. The molecule has 1 heterocycles. The van der Waals surface area contributed by atoms with Gasteiger partial charge in [0, 0.05) is 19.3 Å². The van der Waals surface area contributed by atoms with Crippen molar-refractivity contribution in [2.45, 2.75) is 70.3 Å². The van der Waals surface area contributed by atoms with Crippen LogP contribution < -0.4 is 5.32 Å². The Morgan fingerprint density at radius 3 is 2.30 bits per heavy atom. The summed E-state index contributed by atoms with van der Waals surface area (Å²) >= 11 is 0. The molecule has 0 aromatic rings. The Balaban J connectivity index is 3.11. The van der Waals surface area contributed by atoms with Crippen molar-refractivity contribution in [1.29, 1.82) is 0 Å². The zero-order valence-corrected chi connectivity index (χ0v) is 19.4. The van der Waals surface area contributed by atoms with Crippen LogP contribution in [0, 0.1) is 5.41 Å². The maximum Gasteiger partial charge on any atom is 0.313 e. The van der Waals surface area contributed by atoms with Crippen LogP contribution in [0.5, 0.6) is 0 Å². The highest BCUT2D eigenvalue weighted by Crippen LogP contribution is 2.29. The molecule has 0 bridgehead atoms. The SMILES string of the molecule is C=C(/C=C(/NC(=O)C(C)(C)S(=O)(=O)C1CCOCC1)OCCCC)C(C)(C)C(=O)O. The number of carbonyl (C=O) groups excluding carboxylic acids is 1. The molecule has 2 N–H and O–H groups in total. The van der Waals surface area contributed by atoms with Crippen LogP contribution in [-0.4, -0.2) is 55.2 Å². The Labute approximate surface area is 179 Å². The van der Waals surface area contributed by atoms with Gasteiger partial charge in [0.2, 0.25) is 5.91 Å². The van der Waals surface area contributed by atoms with Crippen LogP contribution in [0.25, 0.3) is 0 Å². The number of hydrogen-bond acceptors (Lipinski definition) is 6. The molecule has 172 valence electrons. The number of rotatable bonds is 11. The van der Waals surface area contributed by atoms with Gasteiger partial charge in [-0.2, -0.15) is 0 Å². The number of amides is 1. The molecule has 0 radical (unpaired) electrons. The van der Waals surface area contributed by atoms with Gasteiger partial charge in [-0.15, -0.1) is 0 Å². The molecule has 0 spiro atoms. The second-order valence-corrected chi connectivity index (χ2v) is 11.3. The van der Waals surface area contributed by atoms with Gasteiger partial charge in [0.15, 0.2) is 15.7 Å². The molecule has 9 heteroatoms. The van der Waals surface area contributed by atoms with E-state index in [0.29, 0.717) is 32.5 Å². The molecule has 0 aromatic heterocycles. The van der Waals surface area contributed by atoms with Gasteiger partial charge in [-0.3, -0.25) is 14.9 Å². The largest absolute Gasteiger partial charge is 0.481 e. The van der Waals surface area contributed by atoms with E-state index in [2.05, 4.69) is 11.9 Å². The summed E-state index contributed by atoms with van der Waals surface area (Å²) in [4.78, 5) is 24.5. The lowest BCUT2D eigenvalue weighted by Gasteiger charge is -2.31. The second kappa shape index (κ2) is 10.4. The third-order valence-electron chi connectivity index (χ3n) is 5.50. The van der Waals surface area contributed by atoms with Crippen molar-refractivity contribution in [2.24, 2.45) is 5.41 Å². The molecule has 1 aliphatic heterocycles. The van der Waals surface area contributed by atoms with E-state index in [-0.39, 0.29) is 18.1 Å². The molecule has 1 rings (SSSR count). The first-order valence-corrected chi connectivity index (χ1v) is 11.7. The molecular formula is C21H35NO7S. The lowest BCUT2D eigenvalue weighted by atomic mass is 9.85. The summed E-state index contributed by atoms with van der Waals surface area (Å²) in [6, 6.07) is 0. The van der Waals surface area contributed by atoms with Crippen LogP contribution in [0.15, 0.2) is 24.1 Å². The number of nitrogens with one attached hydrogen (secondary N) is 1. The Kier molecular flexibility index (Phi) is 9.10. The van der Waals surface area contributed by atoms with Gasteiger partial charge in [-0.1, -0.05) is 19.9 Å².